The van der Waals surface area contributed by atoms with Crippen molar-refractivity contribution in [2.75, 3.05) is 0 Å². The molecule has 0 aliphatic carbocycles. The normalized spacial score (nSPS) is 11.0. The van der Waals surface area contributed by atoms with Gasteiger partial charge in [0.25, 0.3) is 5.69 Å². The Hall–Kier alpha value is -2.95. The zero-order valence-electron chi connectivity index (χ0n) is 14.3. The van der Waals surface area contributed by atoms with Gasteiger partial charge in [-0.3, -0.25) is 10.1 Å². The van der Waals surface area contributed by atoms with Crippen LogP contribution in [0, 0.1) is 16.0 Å². The quantitative estimate of drug-likeness (QED) is 0.473. The van der Waals surface area contributed by atoms with E-state index in [1.54, 1.807) is 0 Å². The molecule has 0 N–H and O–H groups in total. The number of hydrogen-bond acceptors (Lipinski definition) is 4. The fourth-order valence-electron chi connectivity index (χ4n) is 2.83. The Kier molecular flexibility index (Phi) is 4.93. The molecule has 5 nitrogen and oxygen atoms in total. The van der Waals surface area contributed by atoms with E-state index in [4.69, 9.17) is 4.74 Å². The number of hydrogen-bond donors (Lipinski definition) is 0. The van der Waals surface area contributed by atoms with E-state index < -0.39 is 0 Å². The van der Waals surface area contributed by atoms with Crippen LogP contribution in [0.3, 0.4) is 0 Å². The Morgan fingerprint density at radius 1 is 1.16 bits per heavy atom. The second-order valence-electron chi connectivity index (χ2n) is 6.43. The lowest BCUT2D eigenvalue weighted by molar-refractivity contribution is -0.385. The largest absolute Gasteiger partial charge is 0.489 e. The highest BCUT2D eigenvalue weighted by molar-refractivity contribution is 5.86. The molecular formula is C20H20N2O3. The van der Waals surface area contributed by atoms with Crippen LogP contribution in [0.1, 0.15) is 25.0 Å². The van der Waals surface area contributed by atoms with Crippen LogP contribution in [-0.4, -0.2) is 9.91 Å². The average molecular weight is 336 g/mol. The van der Waals surface area contributed by atoms with Crippen molar-refractivity contribution in [3.8, 4) is 5.75 Å². The van der Waals surface area contributed by atoms with Crippen molar-refractivity contribution in [3.05, 3.63) is 76.0 Å². The number of ether oxygens (including phenoxy) is 1. The van der Waals surface area contributed by atoms with Crippen LogP contribution >= 0.6 is 0 Å². The molecule has 0 fully saturated rings. The van der Waals surface area contributed by atoms with E-state index in [2.05, 4.69) is 4.98 Å². The predicted molar refractivity (Wildman–Crippen MR) is 97.7 cm³/mol. The van der Waals surface area contributed by atoms with Gasteiger partial charge < -0.3 is 4.74 Å². The number of nitrogens with zero attached hydrogens (tertiary/aromatic N) is 2. The third-order valence-corrected chi connectivity index (χ3v) is 3.99. The van der Waals surface area contributed by atoms with Gasteiger partial charge in [-0.15, -0.1) is 0 Å². The predicted octanol–water partition coefficient (Wildman–Crippen LogP) is 4.92. The molecule has 0 amide bonds. The summed E-state index contributed by atoms with van der Waals surface area (Å²) in [7, 11) is 0. The van der Waals surface area contributed by atoms with Gasteiger partial charge in [0.2, 0.25) is 0 Å². The molecule has 5 heteroatoms. The summed E-state index contributed by atoms with van der Waals surface area (Å²) in [6, 6.07) is 15.4. The molecule has 0 spiro atoms. The molecule has 0 saturated heterocycles. The van der Waals surface area contributed by atoms with E-state index in [1.165, 1.54) is 6.20 Å². The maximum atomic E-state index is 11.4. The molecule has 0 atom stereocenters. The van der Waals surface area contributed by atoms with Gasteiger partial charge in [0.15, 0.2) is 0 Å². The fourth-order valence-corrected chi connectivity index (χ4v) is 2.83. The maximum absolute atomic E-state index is 11.4. The standard InChI is InChI=1S/C20H20N2O3/c1-14(2)10-18-17-11-16(25-13-15-6-4-3-5-7-15)8-9-19(17)21-12-20(18)22(23)24/h3-9,11-12,14H,10,13H2,1-2H3. The molecule has 3 aromatic rings. The van der Waals surface area contributed by atoms with Crippen LogP contribution < -0.4 is 4.74 Å². The lowest BCUT2D eigenvalue weighted by atomic mass is 9.98. The Morgan fingerprint density at radius 2 is 1.92 bits per heavy atom. The van der Waals surface area contributed by atoms with Gasteiger partial charge in [0, 0.05) is 10.9 Å². The molecule has 1 heterocycles. The fraction of sp³-hybridized carbons (Fsp3) is 0.250. The molecular weight excluding hydrogens is 316 g/mol. The van der Waals surface area contributed by atoms with Crippen LogP contribution in [0.5, 0.6) is 5.75 Å². The summed E-state index contributed by atoms with van der Waals surface area (Å²) in [4.78, 5) is 15.2. The topological polar surface area (TPSA) is 65.3 Å². The smallest absolute Gasteiger partial charge is 0.291 e. The van der Waals surface area contributed by atoms with Crippen molar-refractivity contribution >= 4 is 16.6 Å². The first-order valence-corrected chi connectivity index (χ1v) is 8.27. The van der Waals surface area contributed by atoms with Gasteiger partial charge in [-0.2, -0.15) is 0 Å². The van der Waals surface area contributed by atoms with Gasteiger partial charge >= 0.3 is 0 Å². The molecule has 2 aromatic carbocycles. The van der Waals surface area contributed by atoms with Crippen molar-refractivity contribution in [2.24, 2.45) is 5.92 Å². The van der Waals surface area contributed by atoms with Crippen molar-refractivity contribution in [1.82, 2.24) is 4.98 Å². The van der Waals surface area contributed by atoms with Gasteiger partial charge in [-0.1, -0.05) is 44.2 Å². The third kappa shape index (κ3) is 3.94. The van der Waals surface area contributed by atoms with Gasteiger partial charge in [0.1, 0.15) is 18.6 Å². The van der Waals surface area contributed by atoms with E-state index in [1.807, 2.05) is 62.4 Å². The molecule has 0 aliphatic rings. The molecule has 25 heavy (non-hydrogen) atoms. The molecule has 128 valence electrons. The average Bonchev–Trinajstić information content (AvgIpc) is 2.60. The van der Waals surface area contributed by atoms with Gasteiger partial charge in [-0.25, -0.2) is 4.98 Å². The number of nitro groups is 1. The molecule has 0 aliphatic heterocycles. The maximum Gasteiger partial charge on any atom is 0.291 e. The summed E-state index contributed by atoms with van der Waals surface area (Å²) in [6.45, 7) is 4.55. The summed E-state index contributed by atoms with van der Waals surface area (Å²) in [5.41, 5.74) is 2.60. The first-order valence-electron chi connectivity index (χ1n) is 8.27. The van der Waals surface area contributed by atoms with Crippen molar-refractivity contribution in [2.45, 2.75) is 26.9 Å². The molecule has 0 bridgehead atoms. The number of pyridine rings is 1. The SMILES string of the molecule is CC(C)Cc1c([N+](=O)[O-])cnc2ccc(OCc3ccccc3)cc12. The molecule has 0 unspecified atom stereocenters. The van der Waals surface area contributed by atoms with E-state index in [0.29, 0.717) is 24.7 Å². The first kappa shape index (κ1) is 16.9. The minimum Gasteiger partial charge on any atom is -0.489 e. The van der Waals surface area contributed by atoms with Crippen molar-refractivity contribution in [3.63, 3.8) is 0 Å². The second-order valence-corrected chi connectivity index (χ2v) is 6.43. The Bertz CT molecular complexity index is 892. The number of aromatic nitrogens is 1. The summed E-state index contributed by atoms with van der Waals surface area (Å²) >= 11 is 0. The monoisotopic (exact) mass is 336 g/mol. The lowest BCUT2D eigenvalue weighted by Crippen LogP contribution is -2.03. The highest BCUT2D eigenvalue weighted by Crippen LogP contribution is 2.31. The van der Waals surface area contributed by atoms with Crippen LogP contribution in [-0.2, 0) is 13.0 Å². The molecule has 0 radical (unpaired) electrons. The Morgan fingerprint density at radius 3 is 2.60 bits per heavy atom. The molecule has 3 rings (SSSR count). The van der Waals surface area contributed by atoms with Crippen LogP contribution in [0.25, 0.3) is 10.9 Å². The summed E-state index contributed by atoms with van der Waals surface area (Å²) in [5.74, 6) is 0.988. The van der Waals surface area contributed by atoms with Crippen molar-refractivity contribution in [1.29, 1.82) is 0 Å². The Labute approximate surface area is 146 Å². The molecule has 1 aromatic heterocycles. The van der Waals surface area contributed by atoms with Crippen LogP contribution in [0.2, 0.25) is 0 Å². The zero-order chi connectivity index (χ0) is 17.8. The van der Waals surface area contributed by atoms with E-state index >= 15 is 0 Å². The van der Waals surface area contributed by atoms with E-state index in [-0.39, 0.29) is 10.6 Å². The minimum absolute atomic E-state index is 0.0707. The third-order valence-electron chi connectivity index (χ3n) is 3.99. The summed E-state index contributed by atoms with van der Waals surface area (Å²) < 4.78 is 5.86. The highest BCUT2D eigenvalue weighted by Gasteiger charge is 2.19. The van der Waals surface area contributed by atoms with Crippen molar-refractivity contribution < 1.29 is 9.66 Å². The minimum atomic E-state index is -0.359. The lowest BCUT2D eigenvalue weighted by Gasteiger charge is -2.12. The number of benzene rings is 2. The van der Waals surface area contributed by atoms with E-state index in [9.17, 15) is 10.1 Å². The summed E-state index contributed by atoms with van der Waals surface area (Å²) in [5, 5.41) is 12.2. The van der Waals surface area contributed by atoms with Gasteiger partial charge in [0.05, 0.1) is 10.4 Å². The first-order chi connectivity index (χ1) is 12.0. The second kappa shape index (κ2) is 7.30. The van der Waals surface area contributed by atoms with Crippen LogP contribution in [0.4, 0.5) is 5.69 Å². The van der Waals surface area contributed by atoms with E-state index in [0.717, 1.165) is 22.0 Å². The number of rotatable bonds is 6. The van der Waals surface area contributed by atoms with Gasteiger partial charge in [-0.05, 0) is 36.1 Å². The Balaban J connectivity index is 1.98. The molecule has 0 saturated carbocycles. The number of fused-ring (bicyclic) bond motifs is 1. The highest BCUT2D eigenvalue weighted by atomic mass is 16.6. The van der Waals surface area contributed by atoms with Crippen LogP contribution in [0.15, 0.2) is 54.7 Å². The zero-order valence-corrected chi connectivity index (χ0v) is 14.3. The summed E-state index contributed by atoms with van der Waals surface area (Å²) in [6.07, 6.45) is 1.97.